The predicted molar refractivity (Wildman–Crippen MR) is 114 cm³/mol. The molecule has 0 radical (unpaired) electrons. The van der Waals surface area contributed by atoms with Gasteiger partial charge >= 0.3 is 0 Å². The number of methoxy groups -OCH3 is 1. The van der Waals surface area contributed by atoms with E-state index in [2.05, 4.69) is 15.4 Å². The molecule has 2 aromatic carbocycles. The van der Waals surface area contributed by atoms with Crippen molar-refractivity contribution in [1.82, 2.24) is 25.6 Å². The van der Waals surface area contributed by atoms with Gasteiger partial charge in [-0.3, -0.25) is 14.8 Å². The Morgan fingerprint density at radius 1 is 1.03 bits per heavy atom. The average molecular weight is 423 g/mol. The molecule has 1 aromatic heterocycles. The monoisotopic (exact) mass is 423 g/mol. The van der Waals surface area contributed by atoms with Crippen molar-refractivity contribution < 1.29 is 19.5 Å². The molecule has 3 rings (SSSR count). The fourth-order valence-corrected chi connectivity index (χ4v) is 3.01. The van der Waals surface area contributed by atoms with Gasteiger partial charge in [-0.2, -0.15) is 0 Å². The van der Waals surface area contributed by atoms with Crippen LogP contribution in [0.5, 0.6) is 5.75 Å². The van der Waals surface area contributed by atoms with Crippen molar-refractivity contribution >= 4 is 11.8 Å². The molecular weight excluding hydrogens is 398 g/mol. The first kappa shape index (κ1) is 22.0. The second-order valence-electron chi connectivity index (χ2n) is 6.84. The van der Waals surface area contributed by atoms with Crippen LogP contribution >= 0.6 is 0 Å². The lowest BCUT2D eigenvalue weighted by Gasteiger charge is -2.07. The molecule has 0 atom stereocenters. The van der Waals surface area contributed by atoms with Crippen LogP contribution in [0.25, 0.3) is 17.1 Å². The molecule has 0 aliphatic heterocycles. The molecule has 0 aliphatic carbocycles. The van der Waals surface area contributed by atoms with Crippen molar-refractivity contribution in [2.75, 3.05) is 13.7 Å². The number of carbonyl (C=O) groups is 2. The van der Waals surface area contributed by atoms with E-state index >= 15 is 0 Å². The number of unbranched alkanes of at least 4 members (excludes halogenated alkanes) is 2. The van der Waals surface area contributed by atoms with E-state index in [0.29, 0.717) is 25.2 Å². The highest BCUT2D eigenvalue weighted by Gasteiger charge is 2.18. The Balaban J connectivity index is 1.71. The van der Waals surface area contributed by atoms with E-state index in [0.717, 1.165) is 23.4 Å². The summed E-state index contributed by atoms with van der Waals surface area (Å²) in [6.07, 6.45) is 2.33. The second kappa shape index (κ2) is 10.9. The van der Waals surface area contributed by atoms with Crippen LogP contribution in [0.4, 0.5) is 0 Å². The summed E-state index contributed by atoms with van der Waals surface area (Å²) >= 11 is 0. The van der Waals surface area contributed by atoms with E-state index in [1.165, 1.54) is 0 Å². The fraction of sp³-hybridized carbons (Fsp3) is 0.273. The van der Waals surface area contributed by atoms with Crippen LogP contribution < -0.4 is 15.5 Å². The molecule has 31 heavy (non-hydrogen) atoms. The molecule has 0 bridgehead atoms. The molecule has 9 heteroatoms. The zero-order valence-electron chi connectivity index (χ0n) is 17.2. The highest BCUT2D eigenvalue weighted by molar-refractivity contribution is 5.91. The summed E-state index contributed by atoms with van der Waals surface area (Å²) in [5.41, 5.74) is 3.20. The summed E-state index contributed by atoms with van der Waals surface area (Å²) < 4.78 is 6.85. The number of ether oxygens (including phenoxy) is 1. The lowest BCUT2D eigenvalue weighted by Crippen LogP contribution is -2.25. The average Bonchev–Trinajstić information content (AvgIpc) is 3.27. The Morgan fingerprint density at radius 3 is 2.45 bits per heavy atom. The predicted octanol–water partition coefficient (Wildman–Crippen LogP) is 2.74. The standard InChI is InChI=1S/C22H25N5O4/c1-31-18-13-11-17(12-14-18)27-21(16-8-4-2-5-9-16)24-20(25-27)22(29)23-15-7-3-6-10-19(28)26-30/h2,4-5,8-9,11-14,30H,3,6-7,10,15H2,1H3,(H,23,29)(H,26,28). The van der Waals surface area contributed by atoms with Crippen molar-refractivity contribution in [1.29, 1.82) is 0 Å². The number of nitrogens with one attached hydrogen (secondary N) is 2. The van der Waals surface area contributed by atoms with Gasteiger partial charge in [0.25, 0.3) is 5.91 Å². The van der Waals surface area contributed by atoms with Crippen molar-refractivity contribution in [3.05, 3.63) is 60.4 Å². The van der Waals surface area contributed by atoms with Crippen LogP contribution in [-0.2, 0) is 4.79 Å². The number of benzene rings is 2. The van der Waals surface area contributed by atoms with Gasteiger partial charge in [-0.25, -0.2) is 15.1 Å². The molecule has 0 fully saturated rings. The lowest BCUT2D eigenvalue weighted by atomic mass is 10.2. The number of aromatic nitrogens is 3. The number of nitrogens with zero attached hydrogens (tertiary/aromatic N) is 3. The van der Waals surface area contributed by atoms with Gasteiger partial charge in [-0.15, -0.1) is 5.10 Å². The molecular formula is C22H25N5O4. The van der Waals surface area contributed by atoms with Gasteiger partial charge in [0, 0.05) is 18.5 Å². The molecule has 3 aromatic rings. The van der Waals surface area contributed by atoms with Gasteiger partial charge in [-0.05, 0) is 37.1 Å². The maximum atomic E-state index is 12.6. The highest BCUT2D eigenvalue weighted by atomic mass is 16.5. The Bertz CT molecular complexity index is 1000. The first-order valence-electron chi connectivity index (χ1n) is 10.0. The Morgan fingerprint density at radius 2 is 1.77 bits per heavy atom. The lowest BCUT2D eigenvalue weighted by molar-refractivity contribution is -0.129. The van der Waals surface area contributed by atoms with Crippen molar-refractivity contribution in [2.45, 2.75) is 25.7 Å². The van der Waals surface area contributed by atoms with Crippen molar-refractivity contribution in [2.24, 2.45) is 0 Å². The first-order chi connectivity index (χ1) is 15.1. The largest absolute Gasteiger partial charge is 0.497 e. The molecule has 0 aliphatic rings. The molecule has 2 amide bonds. The van der Waals surface area contributed by atoms with Gasteiger partial charge in [0.1, 0.15) is 5.75 Å². The van der Waals surface area contributed by atoms with Gasteiger partial charge in [-0.1, -0.05) is 36.8 Å². The summed E-state index contributed by atoms with van der Waals surface area (Å²) in [5.74, 6) is 0.586. The third-order valence-electron chi connectivity index (χ3n) is 4.65. The molecule has 0 spiro atoms. The summed E-state index contributed by atoms with van der Waals surface area (Å²) in [6.45, 7) is 0.442. The molecule has 1 heterocycles. The molecule has 3 N–H and O–H groups in total. The first-order valence-corrected chi connectivity index (χ1v) is 10.0. The van der Waals surface area contributed by atoms with E-state index in [4.69, 9.17) is 9.94 Å². The van der Waals surface area contributed by atoms with Crippen LogP contribution in [0.2, 0.25) is 0 Å². The van der Waals surface area contributed by atoms with Crippen LogP contribution in [0.3, 0.4) is 0 Å². The minimum atomic E-state index is -0.411. The summed E-state index contributed by atoms with van der Waals surface area (Å²) in [7, 11) is 1.60. The fourth-order valence-electron chi connectivity index (χ4n) is 3.01. The second-order valence-corrected chi connectivity index (χ2v) is 6.84. The zero-order chi connectivity index (χ0) is 22.1. The van der Waals surface area contributed by atoms with E-state index in [1.54, 1.807) is 17.3 Å². The zero-order valence-corrected chi connectivity index (χ0v) is 17.2. The van der Waals surface area contributed by atoms with Crippen molar-refractivity contribution in [3.63, 3.8) is 0 Å². The van der Waals surface area contributed by atoms with Gasteiger partial charge < -0.3 is 10.1 Å². The third kappa shape index (κ3) is 5.89. The van der Waals surface area contributed by atoms with E-state index in [1.807, 2.05) is 54.6 Å². The number of hydrogen-bond donors (Lipinski definition) is 3. The summed E-state index contributed by atoms with van der Waals surface area (Å²) in [5, 5.41) is 15.7. The molecule has 162 valence electrons. The number of amides is 2. The Hall–Kier alpha value is -3.72. The van der Waals surface area contributed by atoms with E-state index in [-0.39, 0.29) is 18.2 Å². The molecule has 0 saturated heterocycles. The number of hydroxylamine groups is 1. The topological polar surface area (TPSA) is 118 Å². The maximum Gasteiger partial charge on any atom is 0.290 e. The maximum absolute atomic E-state index is 12.6. The number of rotatable bonds is 10. The minimum Gasteiger partial charge on any atom is -0.497 e. The number of hydrogen-bond acceptors (Lipinski definition) is 6. The molecule has 0 unspecified atom stereocenters. The quantitative estimate of drug-likeness (QED) is 0.262. The SMILES string of the molecule is COc1ccc(-n2nc(C(=O)NCCCCCC(=O)NO)nc2-c2ccccc2)cc1. The van der Waals surface area contributed by atoms with Crippen LogP contribution in [0, 0.1) is 0 Å². The minimum absolute atomic E-state index is 0.0781. The van der Waals surface area contributed by atoms with Crippen LogP contribution in [0.15, 0.2) is 54.6 Å². The molecule has 0 saturated carbocycles. The Kier molecular flexibility index (Phi) is 7.72. The van der Waals surface area contributed by atoms with E-state index in [9.17, 15) is 9.59 Å². The Labute approximate surface area is 180 Å². The van der Waals surface area contributed by atoms with Gasteiger partial charge in [0.05, 0.1) is 12.8 Å². The van der Waals surface area contributed by atoms with Crippen molar-refractivity contribution in [3.8, 4) is 22.8 Å². The van der Waals surface area contributed by atoms with Crippen LogP contribution in [0.1, 0.15) is 36.3 Å². The van der Waals surface area contributed by atoms with Gasteiger partial charge in [0.15, 0.2) is 5.82 Å². The smallest absolute Gasteiger partial charge is 0.290 e. The highest BCUT2D eigenvalue weighted by Crippen LogP contribution is 2.22. The normalized spacial score (nSPS) is 10.5. The summed E-state index contributed by atoms with van der Waals surface area (Å²) in [6, 6.07) is 16.9. The summed E-state index contributed by atoms with van der Waals surface area (Å²) in [4.78, 5) is 28.1. The third-order valence-corrected chi connectivity index (χ3v) is 4.65. The number of carbonyl (C=O) groups excluding carboxylic acids is 2. The van der Waals surface area contributed by atoms with E-state index < -0.39 is 5.91 Å². The van der Waals surface area contributed by atoms with Gasteiger partial charge in [0.2, 0.25) is 11.7 Å². The van der Waals surface area contributed by atoms with Crippen LogP contribution in [-0.4, -0.2) is 45.4 Å². The molecule has 9 nitrogen and oxygen atoms in total.